The molecule has 0 aliphatic heterocycles. The quantitative estimate of drug-likeness (QED) is 0.675. The first-order valence-electron chi connectivity index (χ1n) is 4.35. The lowest BCUT2D eigenvalue weighted by atomic mass is 10.3. The Morgan fingerprint density at radius 3 is 3.14 bits per heavy atom. The average molecular weight is 186 g/mol. The molecule has 0 radical (unpaired) electrons. The van der Waals surface area contributed by atoms with Gasteiger partial charge in [0.2, 0.25) is 0 Å². The molecule has 0 amide bonds. The number of aliphatic imine (C=N–C) groups is 1. The normalized spacial score (nSPS) is 11.2. The van der Waals surface area contributed by atoms with Gasteiger partial charge in [0.05, 0.1) is 0 Å². The van der Waals surface area contributed by atoms with E-state index in [1.807, 2.05) is 19.1 Å². The van der Waals surface area contributed by atoms with Gasteiger partial charge in [0, 0.05) is 12.4 Å². The van der Waals surface area contributed by atoms with Gasteiger partial charge in [-0.25, -0.2) is 0 Å². The van der Waals surface area contributed by atoms with Crippen LogP contribution in [0.4, 0.5) is 5.69 Å². The summed E-state index contributed by atoms with van der Waals surface area (Å²) < 4.78 is 5.51. The Hall–Kier alpha value is -1.90. The molecule has 0 spiro atoms. The van der Waals surface area contributed by atoms with Gasteiger partial charge in [0.15, 0.2) is 11.3 Å². The fourth-order valence-electron chi connectivity index (χ4n) is 1.33. The van der Waals surface area contributed by atoms with Gasteiger partial charge in [-0.15, -0.1) is 0 Å². The highest BCUT2D eigenvalue weighted by molar-refractivity contribution is 5.91. The number of furan rings is 1. The summed E-state index contributed by atoms with van der Waals surface area (Å²) in [6.07, 6.45) is 5.08. The molecule has 0 aromatic carbocycles. The summed E-state index contributed by atoms with van der Waals surface area (Å²) in [6, 6.07) is 3.70. The van der Waals surface area contributed by atoms with Crippen molar-refractivity contribution in [1.29, 1.82) is 0 Å². The van der Waals surface area contributed by atoms with Crippen LogP contribution in [0.2, 0.25) is 0 Å². The molecule has 0 bridgehead atoms. The first-order valence-corrected chi connectivity index (χ1v) is 4.35. The SMILES string of the molecule is C=Cc1oc2cccnc2c1/N=C\C. The zero-order chi connectivity index (χ0) is 9.97. The Balaban J connectivity index is 2.80. The van der Waals surface area contributed by atoms with Crippen LogP contribution in [0.1, 0.15) is 12.7 Å². The largest absolute Gasteiger partial charge is 0.453 e. The van der Waals surface area contributed by atoms with Gasteiger partial charge in [-0.05, 0) is 25.1 Å². The highest BCUT2D eigenvalue weighted by Gasteiger charge is 2.10. The van der Waals surface area contributed by atoms with Crippen LogP contribution in [0.25, 0.3) is 17.2 Å². The highest BCUT2D eigenvalue weighted by atomic mass is 16.3. The maximum atomic E-state index is 5.51. The first-order chi connectivity index (χ1) is 6.86. The predicted molar refractivity (Wildman–Crippen MR) is 57.9 cm³/mol. The minimum Gasteiger partial charge on any atom is -0.453 e. The lowest BCUT2D eigenvalue weighted by Crippen LogP contribution is -1.71. The van der Waals surface area contributed by atoms with Gasteiger partial charge >= 0.3 is 0 Å². The van der Waals surface area contributed by atoms with Crippen LogP contribution >= 0.6 is 0 Å². The Morgan fingerprint density at radius 2 is 2.43 bits per heavy atom. The summed E-state index contributed by atoms with van der Waals surface area (Å²) in [5, 5.41) is 0. The number of hydrogen-bond donors (Lipinski definition) is 0. The van der Waals surface area contributed by atoms with Gasteiger partial charge in [-0.2, -0.15) is 0 Å². The van der Waals surface area contributed by atoms with Gasteiger partial charge in [-0.1, -0.05) is 6.58 Å². The summed E-state index contributed by atoms with van der Waals surface area (Å²) in [5.74, 6) is 0.664. The van der Waals surface area contributed by atoms with Gasteiger partial charge in [0.25, 0.3) is 0 Å². The Labute approximate surface area is 81.8 Å². The standard InChI is InChI=1S/C11H10N2O/c1-3-8-10(12-4-2)11-9(14-8)6-5-7-13-11/h3-7H,1H2,2H3/b12-4-. The third-order valence-electron chi connectivity index (χ3n) is 1.89. The van der Waals surface area contributed by atoms with Crippen LogP contribution in [-0.4, -0.2) is 11.2 Å². The Kier molecular flexibility index (Phi) is 2.14. The van der Waals surface area contributed by atoms with E-state index in [9.17, 15) is 0 Å². The molecule has 0 N–H and O–H groups in total. The van der Waals surface area contributed by atoms with E-state index in [0.29, 0.717) is 5.76 Å². The maximum absolute atomic E-state index is 5.51. The fraction of sp³-hybridized carbons (Fsp3) is 0.0909. The molecule has 0 aliphatic rings. The molecule has 0 saturated heterocycles. The minimum absolute atomic E-state index is 0.664. The number of pyridine rings is 1. The predicted octanol–water partition coefficient (Wildman–Crippen LogP) is 3.19. The van der Waals surface area contributed by atoms with E-state index in [-0.39, 0.29) is 0 Å². The van der Waals surface area contributed by atoms with Crippen molar-refractivity contribution in [2.75, 3.05) is 0 Å². The van der Waals surface area contributed by atoms with Crippen LogP contribution < -0.4 is 0 Å². The van der Waals surface area contributed by atoms with Crippen molar-refractivity contribution in [3.8, 4) is 0 Å². The molecule has 2 heterocycles. The van der Waals surface area contributed by atoms with Crippen molar-refractivity contribution >= 4 is 29.1 Å². The van der Waals surface area contributed by atoms with Crippen LogP contribution in [0.3, 0.4) is 0 Å². The second-order valence-corrected chi connectivity index (χ2v) is 2.76. The zero-order valence-electron chi connectivity index (χ0n) is 7.90. The number of nitrogens with zero attached hydrogens (tertiary/aromatic N) is 2. The maximum Gasteiger partial charge on any atom is 0.155 e. The molecule has 0 fully saturated rings. The van der Waals surface area contributed by atoms with Crippen molar-refractivity contribution in [3.63, 3.8) is 0 Å². The second-order valence-electron chi connectivity index (χ2n) is 2.76. The molecule has 2 aromatic heterocycles. The van der Waals surface area contributed by atoms with Crippen molar-refractivity contribution in [2.24, 2.45) is 4.99 Å². The molecule has 2 rings (SSSR count). The van der Waals surface area contributed by atoms with Crippen LogP contribution in [0, 0.1) is 0 Å². The molecular weight excluding hydrogens is 176 g/mol. The number of fused-ring (bicyclic) bond motifs is 1. The van der Waals surface area contributed by atoms with E-state index in [1.54, 1.807) is 18.5 Å². The topological polar surface area (TPSA) is 38.4 Å². The molecule has 0 unspecified atom stereocenters. The van der Waals surface area contributed by atoms with Crippen molar-refractivity contribution in [2.45, 2.75) is 6.92 Å². The van der Waals surface area contributed by atoms with E-state index in [4.69, 9.17) is 4.42 Å². The van der Waals surface area contributed by atoms with Crippen LogP contribution in [0.5, 0.6) is 0 Å². The third-order valence-corrected chi connectivity index (χ3v) is 1.89. The minimum atomic E-state index is 0.664. The van der Waals surface area contributed by atoms with Gasteiger partial charge < -0.3 is 4.42 Å². The summed E-state index contributed by atoms with van der Waals surface area (Å²) in [6.45, 7) is 5.53. The van der Waals surface area contributed by atoms with Crippen LogP contribution in [0.15, 0.2) is 34.3 Å². The smallest absolute Gasteiger partial charge is 0.155 e. The Morgan fingerprint density at radius 1 is 1.57 bits per heavy atom. The summed E-state index contributed by atoms with van der Waals surface area (Å²) >= 11 is 0. The van der Waals surface area contributed by atoms with E-state index in [0.717, 1.165) is 16.8 Å². The molecule has 0 saturated carbocycles. The number of hydrogen-bond acceptors (Lipinski definition) is 3. The second kappa shape index (κ2) is 3.46. The van der Waals surface area contributed by atoms with Crippen LogP contribution in [-0.2, 0) is 0 Å². The lowest BCUT2D eigenvalue weighted by Gasteiger charge is -1.88. The molecule has 0 atom stereocenters. The van der Waals surface area contributed by atoms with E-state index in [2.05, 4.69) is 16.6 Å². The molecule has 70 valence electrons. The highest BCUT2D eigenvalue weighted by Crippen LogP contribution is 2.31. The molecule has 0 aliphatic carbocycles. The molecular formula is C11H10N2O. The van der Waals surface area contributed by atoms with Gasteiger partial charge in [0.1, 0.15) is 11.2 Å². The van der Waals surface area contributed by atoms with E-state index >= 15 is 0 Å². The zero-order valence-corrected chi connectivity index (χ0v) is 7.90. The fourth-order valence-corrected chi connectivity index (χ4v) is 1.33. The lowest BCUT2D eigenvalue weighted by molar-refractivity contribution is 0.605. The van der Waals surface area contributed by atoms with Crippen molar-refractivity contribution < 1.29 is 4.42 Å². The Bertz CT molecular complexity index is 497. The number of rotatable bonds is 2. The average Bonchev–Trinajstić information content (AvgIpc) is 2.58. The molecule has 3 nitrogen and oxygen atoms in total. The third kappa shape index (κ3) is 1.23. The van der Waals surface area contributed by atoms with Crippen molar-refractivity contribution in [1.82, 2.24) is 4.98 Å². The summed E-state index contributed by atoms with van der Waals surface area (Å²) in [4.78, 5) is 8.43. The molecule has 3 heteroatoms. The number of aromatic nitrogens is 1. The van der Waals surface area contributed by atoms with E-state index in [1.165, 1.54) is 0 Å². The van der Waals surface area contributed by atoms with Gasteiger partial charge in [-0.3, -0.25) is 9.98 Å². The van der Waals surface area contributed by atoms with E-state index < -0.39 is 0 Å². The monoisotopic (exact) mass is 186 g/mol. The van der Waals surface area contributed by atoms with Crippen molar-refractivity contribution in [3.05, 3.63) is 30.7 Å². The molecule has 2 aromatic rings. The first kappa shape index (κ1) is 8.69. The summed E-state index contributed by atoms with van der Waals surface area (Å²) in [7, 11) is 0. The summed E-state index contributed by atoms with van der Waals surface area (Å²) in [5.41, 5.74) is 2.27. The molecule has 14 heavy (non-hydrogen) atoms.